The summed E-state index contributed by atoms with van der Waals surface area (Å²) >= 11 is 6.21. The molecule has 8 heteroatoms. The molecule has 0 aliphatic carbocycles. The van der Waals surface area contributed by atoms with Crippen molar-refractivity contribution in [3.8, 4) is 17.0 Å². The SMILES string of the molecule is COc1ccc(-c2ccc(N3CCC(C(=O)N4CCN(c5cc(Cl)ccc5C)CC4)CC3)nn2)cc1. The number of hydrogen-bond acceptors (Lipinski definition) is 6. The minimum atomic E-state index is 0.0761. The van der Waals surface area contributed by atoms with Gasteiger partial charge in [-0.25, -0.2) is 0 Å². The van der Waals surface area contributed by atoms with Gasteiger partial charge in [-0.05, 0) is 73.9 Å². The molecule has 0 spiro atoms. The zero-order valence-electron chi connectivity index (χ0n) is 20.9. The first-order valence-electron chi connectivity index (χ1n) is 12.5. The van der Waals surface area contributed by atoms with Crippen molar-refractivity contribution in [3.05, 3.63) is 65.2 Å². The van der Waals surface area contributed by atoms with Gasteiger partial charge in [-0.1, -0.05) is 17.7 Å². The minimum Gasteiger partial charge on any atom is -0.497 e. The van der Waals surface area contributed by atoms with Gasteiger partial charge in [-0.2, -0.15) is 0 Å². The van der Waals surface area contributed by atoms with E-state index >= 15 is 0 Å². The summed E-state index contributed by atoms with van der Waals surface area (Å²) in [7, 11) is 1.66. The van der Waals surface area contributed by atoms with E-state index in [2.05, 4.69) is 33.0 Å². The lowest BCUT2D eigenvalue weighted by Crippen LogP contribution is -2.52. The normalized spacial score (nSPS) is 16.8. The highest BCUT2D eigenvalue weighted by molar-refractivity contribution is 6.30. The molecule has 36 heavy (non-hydrogen) atoms. The molecule has 188 valence electrons. The molecule has 0 N–H and O–H groups in total. The average Bonchev–Trinajstić information content (AvgIpc) is 2.94. The van der Waals surface area contributed by atoms with Crippen LogP contribution < -0.4 is 14.5 Å². The first-order valence-corrected chi connectivity index (χ1v) is 12.9. The number of halogens is 1. The Labute approximate surface area is 217 Å². The van der Waals surface area contributed by atoms with Gasteiger partial charge in [0.15, 0.2) is 5.82 Å². The van der Waals surface area contributed by atoms with Crippen LogP contribution in [0.5, 0.6) is 5.75 Å². The van der Waals surface area contributed by atoms with Gasteiger partial charge in [0.05, 0.1) is 12.8 Å². The van der Waals surface area contributed by atoms with Gasteiger partial charge in [0, 0.05) is 61.5 Å². The molecule has 0 saturated carbocycles. The molecule has 2 aliphatic heterocycles. The molecule has 0 bridgehead atoms. The number of nitrogens with zero attached hydrogens (tertiary/aromatic N) is 5. The number of rotatable bonds is 5. The molecule has 3 aromatic rings. The van der Waals surface area contributed by atoms with Gasteiger partial charge in [-0.15, -0.1) is 10.2 Å². The lowest BCUT2D eigenvalue weighted by molar-refractivity contribution is -0.136. The van der Waals surface area contributed by atoms with E-state index < -0.39 is 0 Å². The Bertz CT molecular complexity index is 1190. The predicted octanol–water partition coefficient (Wildman–Crippen LogP) is 4.68. The third-order valence-corrected chi connectivity index (χ3v) is 7.54. The number of hydrogen-bond donors (Lipinski definition) is 0. The third kappa shape index (κ3) is 5.26. The molecular weight excluding hydrogens is 474 g/mol. The molecule has 5 rings (SSSR count). The number of aromatic nitrogens is 2. The number of methoxy groups -OCH3 is 1. The van der Waals surface area contributed by atoms with E-state index in [1.807, 2.05) is 53.4 Å². The highest BCUT2D eigenvalue weighted by atomic mass is 35.5. The van der Waals surface area contributed by atoms with E-state index in [-0.39, 0.29) is 11.8 Å². The fourth-order valence-corrected chi connectivity index (χ4v) is 5.28. The van der Waals surface area contributed by atoms with Gasteiger partial charge >= 0.3 is 0 Å². The van der Waals surface area contributed by atoms with E-state index in [0.29, 0.717) is 0 Å². The first-order chi connectivity index (χ1) is 17.5. The van der Waals surface area contributed by atoms with Gasteiger partial charge in [0.2, 0.25) is 5.91 Å². The number of amides is 1. The summed E-state index contributed by atoms with van der Waals surface area (Å²) in [6.45, 7) is 6.91. The number of benzene rings is 2. The lowest BCUT2D eigenvalue weighted by atomic mass is 9.95. The molecule has 1 aromatic heterocycles. The van der Waals surface area contributed by atoms with Crippen molar-refractivity contribution < 1.29 is 9.53 Å². The second kappa shape index (κ2) is 10.7. The number of piperazine rings is 1. The van der Waals surface area contributed by atoms with Crippen LogP contribution in [0.4, 0.5) is 11.5 Å². The summed E-state index contributed by atoms with van der Waals surface area (Å²) in [5, 5.41) is 9.65. The summed E-state index contributed by atoms with van der Waals surface area (Å²) in [6.07, 6.45) is 1.68. The molecule has 1 amide bonds. The van der Waals surface area contributed by atoms with E-state index in [9.17, 15) is 4.79 Å². The summed E-state index contributed by atoms with van der Waals surface area (Å²) in [5.74, 6) is 2.05. The van der Waals surface area contributed by atoms with Crippen molar-refractivity contribution in [1.82, 2.24) is 15.1 Å². The zero-order valence-corrected chi connectivity index (χ0v) is 21.6. The van der Waals surface area contributed by atoms with Crippen molar-refractivity contribution in [2.24, 2.45) is 5.92 Å². The Balaban J connectivity index is 1.13. The Morgan fingerprint density at radius 3 is 2.25 bits per heavy atom. The Morgan fingerprint density at radius 1 is 0.889 bits per heavy atom. The second-order valence-corrected chi connectivity index (χ2v) is 9.95. The molecule has 3 heterocycles. The van der Waals surface area contributed by atoms with Crippen LogP contribution in [-0.4, -0.2) is 67.4 Å². The van der Waals surface area contributed by atoms with Gasteiger partial charge in [0.1, 0.15) is 5.75 Å². The van der Waals surface area contributed by atoms with E-state index in [0.717, 1.165) is 80.0 Å². The lowest BCUT2D eigenvalue weighted by Gasteiger charge is -2.40. The smallest absolute Gasteiger partial charge is 0.225 e. The van der Waals surface area contributed by atoms with E-state index in [1.54, 1.807) is 7.11 Å². The maximum atomic E-state index is 13.2. The Kier molecular flexibility index (Phi) is 7.28. The monoisotopic (exact) mass is 505 g/mol. The first kappa shape index (κ1) is 24.4. The van der Waals surface area contributed by atoms with Crippen molar-refractivity contribution in [2.45, 2.75) is 19.8 Å². The van der Waals surface area contributed by atoms with E-state index in [1.165, 1.54) is 11.3 Å². The number of ether oxygens (including phenoxy) is 1. The fraction of sp³-hybridized carbons (Fsp3) is 0.393. The van der Waals surface area contributed by atoms with Crippen molar-refractivity contribution in [2.75, 3.05) is 56.2 Å². The van der Waals surface area contributed by atoms with Crippen molar-refractivity contribution >= 4 is 29.0 Å². The van der Waals surface area contributed by atoms with Gasteiger partial charge in [0.25, 0.3) is 0 Å². The number of anilines is 2. The number of aryl methyl sites for hydroxylation is 1. The highest BCUT2D eigenvalue weighted by Crippen LogP contribution is 2.28. The maximum Gasteiger partial charge on any atom is 0.225 e. The van der Waals surface area contributed by atoms with Crippen LogP contribution in [0.1, 0.15) is 18.4 Å². The van der Waals surface area contributed by atoms with Crippen molar-refractivity contribution in [3.63, 3.8) is 0 Å². The molecule has 0 atom stereocenters. The largest absolute Gasteiger partial charge is 0.497 e. The predicted molar refractivity (Wildman–Crippen MR) is 144 cm³/mol. The maximum absolute atomic E-state index is 13.2. The molecule has 2 saturated heterocycles. The third-order valence-electron chi connectivity index (χ3n) is 7.31. The van der Waals surface area contributed by atoms with Crippen LogP contribution in [0.25, 0.3) is 11.3 Å². The number of carbonyl (C=O) groups is 1. The molecule has 2 aromatic carbocycles. The van der Waals surface area contributed by atoms with Gasteiger partial charge < -0.3 is 19.4 Å². The molecule has 0 radical (unpaired) electrons. The van der Waals surface area contributed by atoms with E-state index in [4.69, 9.17) is 16.3 Å². The molecule has 2 fully saturated rings. The van der Waals surface area contributed by atoms with Crippen LogP contribution >= 0.6 is 11.6 Å². The van der Waals surface area contributed by atoms with Crippen LogP contribution in [0.15, 0.2) is 54.6 Å². The average molecular weight is 506 g/mol. The second-order valence-electron chi connectivity index (χ2n) is 9.51. The molecule has 0 unspecified atom stereocenters. The highest BCUT2D eigenvalue weighted by Gasteiger charge is 2.31. The quantitative estimate of drug-likeness (QED) is 0.502. The number of carbonyl (C=O) groups excluding carboxylic acids is 1. The van der Waals surface area contributed by atoms with Crippen LogP contribution in [-0.2, 0) is 4.79 Å². The summed E-state index contributed by atoms with van der Waals surface area (Å²) in [6, 6.07) is 17.8. The summed E-state index contributed by atoms with van der Waals surface area (Å²) < 4.78 is 5.22. The molecular formula is C28H32ClN5O2. The fourth-order valence-electron chi connectivity index (χ4n) is 5.11. The zero-order chi connectivity index (χ0) is 25.1. The Morgan fingerprint density at radius 2 is 1.61 bits per heavy atom. The topological polar surface area (TPSA) is 61.8 Å². The molecule has 2 aliphatic rings. The minimum absolute atomic E-state index is 0.0761. The van der Waals surface area contributed by atoms with Gasteiger partial charge in [-0.3, -0.25) is 4.79 Å². The van der Waals surface area contributed by atoms with Crippen molar-refractivity contribution in [1.29, 1.82) is 0 Å². The van der Waals surface area contributed by atoms with Crippen LogP contribution in [0, 0.1) is 12.8 Å². The van der Waals surface area contributed by atoms with Crippen LogP contribution in [0.2, 0.25) is 5.02 Å². The standard InChI is InChI=1S/C28H32ClN5O2/c1-20-3-6-23(29)19-26(20)32-15-17-34(18-16-32)28(35)22-11-13-33(14-12-22)27-10-9-25(30-31-27)21-4-7-24(36-2)8-5-21/h3-10,19,22H,11-18H2,1-2H3. The molecule has 7 nitrogen and oxygen atoms in total. The summed E-state index contributed by atoms with van der Waals surface area (Å²) in [5.41, 5.74) is 4.22. The number of piperidine rings is 1. The summed E-state index contributed by atoms with van der Waals surface area (Å²) in [4.78, 5) is 19.8. The Hall–Kier alpha value is -3.32. The van der Waals surface area contributed by atoms with Crippen LogP contribution in [0.3, 0.4) is 0 Å².